The monoisotopic (exact) mass is 433 g/mol. The number of likely N-dealkylation sites (tertiary alicyclic amines) is 1. The summed E-state index contributed by atoms with van der Waals surface area (Å²) in [6.45, 7) is 4.20. The number of Topliss-reactive ketones (excluding diaryl/α,β-unsaturated/α-hetero) is 1. The number of ketones is 1. The van der Waals surface area contributed by atoms with E-state index in [1.165, 1.54) is 16.2 Å². The van der Waals surface area contributed by atoms with Gasteiger partial charge in [-0.05, 0) is 48.6 Å². The SMILES string of the molecule is COc1ccccc1C1/C(=C(\O)c2ccc(C)c(C)c2)C(=O)C(=O)N1Cc1cccs1. The van der Waals surface area contributed by atoms with Gasteiger partial charge >= 0.3 is 0 Å². The number of carbonyl (C=O) groups excluding carboxylic acids is 2. The molecule has 1 atom stereocenters. The summed E-state index contributed by atoms with van der Waals surface area (Å²) in [5, 5.41) is 13.1. The molecular weight excluding hydrogens is 410 g/mol. The highest BCUT2D eigenvalue weighted by atomic mass is 32.1. The number of ether oxygens (including phenoxy) is 1. The van der Waals surface area contributed by atoms with Gasteiger partial charge in [-0.2, -0.15) is 0 Å². The van der Waals surface area contributed by atoms with Gasteiger partial charge in [-0.1, -0.05) is 36.4 Å². The second-order valence-electron chi connectivity index (χ2n) is 7.55. The number of carbonyl (C=O) groups is 2. The van der Waals surface area contributed by atoms with Crippen LogP contribution < -0.4 is 4.74 Å². The molecule has 6 heteroatoms. The molecule has 0 radical (unpaired) electrons. The minimum absolute atomic E-state index is 0.0781. The second-order valence-corrected chi connectivity index (χ2v) is 8.58. The Balaban J connectivity index is 1.92. The summed E-state index contributed by atoms with van der Waals surface area (Å²) in [5.41, 5.74) is 3.32. The molecule has 2 heterocycles. The Bertz CT molecular complexity index is 1180. The Labute approximate surface area is 185 Å². The van der Waals surface area contributed by atoms with Crippen molar-refractivity contribution in [2.45, 2.75) is 26.4 Å². The summed E-state index contributed by atoms with van der Waals surface area (Å²) in [6.07, 6.45) is 0. The van der Waals surface area contributed by atoms with Crippen LogP contribution in [0.1, 0.15) is 33.2 Å². The third kappa shape index (κ3) is 3.75. The summed E-state index contributed by atoms with van der Waals surface area (Å²) in [5.74, 6) is -0.944. The lowest BCUT2D eigenvalue weighted by molar-refractivity contribution is -0.140. The number of rotatable bonds is 5. The van der Waals surface area contributed by atoms with Gasteiger partial charge in [0.25, 0.3) is 11.7 Å². The highest BCUT2D eigenvalue weighted by Crippen LogP contribution is 2.43. The largest absolute Gasteiger partial charge is 0.507 e. The summed E-state index contributed by atoms with van der Waals surface area (Å²) in [4.78, 5) is 28.7. The first kappa shape index (κ1) is 20.9. The standard InChI is InChI=1S/C25H23NO4S/c1-15-10-11-17(13-16(15)2)23(27)21-22(19-8-4-5-9-20(19)30-3)26(25(29)24(21)28)14-18-7-6-12-31-18/h4-13,22,27H,14H2,1-3H3/b23-21+. The van der Waals surface area contributed by atoms with E-state index in [1.807, 2.05) is 61.7 Å². The van der Waals surface area contributed by atoms with Crippen LogP contribution in [0.3, 0.4) is 0 Å². The van der Waals surface area contributed by atoms with Crippen LogP contribution in [-0.2, 0) is 16.1 Å². The van der Waals surface area contributed by atoms with Crippen molar-refractivity contribution in [3.05, 3.63) is 92.7 Å². The predicted octanol–water partition coefficient (Wildman–Crippen LogP) is 5.00. The molecule has 0 aliphatic carbocycles. The summed E-state index contributed by atoms with van der Waals surface area (Å²) in [6, 6.07) is 15.8. The van der Waals surface area contributed by atoms with Crippen LogP contribution in [0, 0.1) is 13.8 Å². The van der Waals surface area contributed by atoms with Crippen molar-refractivity contribution in [1.29, 1.82) is 0 Å². The van der Waals surface area contributed by atoms with Crippen LogP contribution in [0.5, 0.6) is 5.75 Å². The first-order valence-electron chi connectivity index (χ1n) is 9.93. The molecule has 4 rings (SSSR count). The number of methoxy groups -OCH3 is 1. The van der Waals surface area contributed by atoms with Gasteiger partial charge in [0, 0.05) is 16.0 Å². The van der Waals surface area contributed by atoms with E-state index in [2.05, 4.69) is 0 Å². The van der Waals surface area contributed by atoms with Gasteiger partial charge in [-0.15, -0.1) is 11.3 Å². The maximum Gasteiger partial charge on any atom is 0.295 e. The van der Waals surface area contributed by atoms with Crippen LogP contribution in [0.2, 0.25) is 0 Å². The number of aliphatic hydroxyl groups excluding tert-OH is 1. The van der Waals surface area contributed by atoms with Crippen LogP contribution in [0.4, 0.5) is 0 Å². The maximum absolute atomic E-state index is 13.1. The van der Waals surface area contributed by atoms with Gasteiger partial charge in [0.15, 0.2) is 0 Å². The Morgan fingerprint density at radius 1 is 1.06 bits per heavy atom. The normalized spacial score (nSPS) is 17.9. The van der Waals surface area contributed by atoms with E-state index in [9.17, 15) is 14.7 Å². The molecule has 1 aromatic heterocycles. The lowest BCUT2D eigenvalue weighted by atomic mass is 9.93. The zero-order valence-corrected chi connectivity index (χ0v) is 18.4. The fourth-order valence-corrected chi connectivity index (χ4v) is 4.58. The molecule has 1 aliphatic rings. The quantitative estimate of drug-likeness (QED) is 0.350. The Hall–Kier alpha value is -3.38. The lowest BCUT2D eigenvalue weighted by Gasteiger charge is -2.26. The lowest BCUT2D eigenvalue weighted by Crippen LogP contribution is -2.29. The van der Waals surface area contributed by atoms with E-state index in [4.69, 9.17) is 4.74 Å². The van der Waals surface area contributed by atoms with Crippen LogP contribution in [0.25, 0.3) is 5.76 Å². The third-order valence-electron chi connectivity index (χ3n) is 5.66. The van der Waals surface area contributed by atoms with Crippen LogP contribution in [-0.4, -0.2) is 28.8 Å². The molecular formula is C25H23NO4S. The molecule has 0 spiro atoms. The molecule has 158 valence electrons. The fourth-order valence-electron chi connectivity index (χ4n) is 3.87. The predicted molar refractivity (Wildman–Crippen MR) is 121 cm³/mol. The van der Waals surface area contributed by atoms with E-state index in [1.54, 1.807) is 19.2 Å². The maximum atomic E-state index is 13.1. The first-order chi connectivity index (χ1) is 14.9. The van der Waals surface area contributed by atoms with Crippen molar-refractivity contribution in [1.82, 2.24) is 4.90 Å². The molecule has 1 N–H and O–H groups in total. The Kier molecular flexibility index (Phi) is 5.65. The number of thiophene rings is 1. The minimum Gasteiger partial charge on any atom is -0.507 e. The first-order valence-corrected chi connectivity index (χ1v) is 10.8. The topological polar surface area (TPSA) is 66.8 Å². The number of hydrogen-bond acceptors (Lipinski definition) is 5. The van der Waals surface area contributed by atoms with Crippen molar-refractivity contribution in [3.8, 4) is 5.75 Å². The number of aryl methyl sites for hydroxylation is 2. The van der Waals surface area contributed by atoms with Crippen molar-refractivity contribution < 1.29 is 19.4 Å². The average Bonchev–Trinajstić information content (AvgIpc) is 3.37. The molecule has 2 aromatic carbocycles. The Morgan fingerprint density at radius 2 is 1.84 bits per heavy atom. The van der Waals surface area contributed by atoms with Crippen molar-refractivity contribution in [2.75, 3.05) is 7.11 Å². The average molecular weight is 434 g/mol. The summed E-state index contributed by atoms with van der Waals surface area (Å²) in [7, 11) is 1.55. The van der Waals surface area contributed by atoms with Gasteiger partial charge in [-0.25, -0.2) is 0 Å². The van der Waals surface area contributed by atoms with Crippen LogP contribution in [0.15, 0.2) is 65.6 Å². The molecule has 31 heavy (non-hydrogen) atoms. The molecule has 0 saturated carbocycles. The Morgan fingerprint density at radius 3 is 2.52 bits per heavy atom. The van der Waals surface area contributed by atoms with Gasteiger partial charge in [0.2, 0.25) is 0 Å². The van der Waals surface area contributed by atoms with Gasteiger partial charge in [0.05, 0.1) is 25.3 Å². The van der Waals surface area contributed by atoms with Crippen LogP contribution >= 0.6 is 11.3 Å². The van der Waals surface area contributed by atoms with Gasteiger partial charge in [0.1, 0.15) is 11.5 Å². The second kappa shape index (κ2) is 8.40. The molecule has 1 saturated heterocycles. The number of benzene rings is 2. The smallest absolute Gasteiger partial charge is 0.295 e. The molecule has 1 aliphatic heterocycles. The summed E-state index contributed by atoms with van der Waals surface area (Å²) >= 11 is 1.51. The van der Waals surface area contributed by atoms with E-state index >= 15 is 0 Å². The molecule has 5 nitrogen and oxygen atoms in total. The molecule has 1 amide bonds. The zero-order chi connectivity index (χ0) is 22.1. The van der Waals surface area contributed by atoms with E-state index in [-0.39, 0.29) is 17.9 Å². The molecule has 1 fully saturated rings. The molecule has 1 unspecified atom stereocenters. The van der Waals surface area contributed by atoms with Crippen molar-refractivity contribution >= 4 is 28.8 Å². The van der Waals surface area contributed by atoms with Gasteiger partial charge < -0.3 is 14.7 Å². The number of nitrogens with zero attached hydrogens (tertiary/aromatic N) is 1. The zero-order valence-electron chi connectivity index (χ0n) is 17.6. The number of amides is 1. The van der Waals surface area contributed by atoms with Crippen molar-refractivity contribution in [2.24, 2.45) is 0 Å². The van der Waals surface area contributed by atoms with Crippen molar-refractivity contribution in [3.63, 3.8) is 0 Å². The third-order valence-corrected chi connectivity index (χ3v) is 6.52. The number of para-hydroxylation sites is 1. The minimum atomic E-state index is -0.750. The molecule has 0 bridgehead atoms. The number of hydrogen-bond donors (Lipinski definition) is 1. The van der Waals surface area contributed by atoms with E-state index in [0.717, 1.165) is 16.0 Å². The van der Waals surface area contributed by atoms with Gasteiger partial charge in [-0.3, -0.25) is 9.59 Å². The molecule has 3 aromatic rings. The summed E-state index contributed by atoms with van der Waals surface area (Å²) < 4.78 is 5.53. The van der Waals surface area contributed by atoms with E-state index < -0.39 is 17.7 Å². The number of aliphatic hydroxyl groups is 1. The highest BCUT2D eigenvalue weighted by molar-refractivity contribution is 7.09. The fraction of sp³-hybridized carbons (Fsp3) is 0.200. The highest BCUT2D eigenvalue weighted by Gasteiger charge is 2.47. The van der Waals surface area contributed by atoms with E-state index in [0.29, 0.717) is 16.9 Å².